The standard InChI is InChI=1S/C15H11Cl3O2/c1-9(15(19)10-2-4-11(16)5-3-10)20-14-8-12(17)6-7-13(14)18/h2-9H,1H3. The molecular formula is C15H11Cl3O2. The van der Waals surface area contributed by atoms with Crippen LogP contribution in [0.15, 0.2) is 42.5 Å². The molecule has 0 bridgehead atoms. The van der Waals surface area contributed by atoms with Crippen molar-refractivity contribution in [3.8, 4) is 5.75 Å². The molecule has 1 atom stereocenters. The number of benzene rings is 2. The summed E-state index contributed by atoms with van der Waals surface area (Å²) in [5.41, 5.74) is 0.528. The SMILES string of the molecule is CC(Oc1cc(Cl)ccc1Cl)C(=O)c1ccc(Cl)cc1. The van der Waals surface area contributed by atoms with Gasteiger partial charge in [0, 0.05) is 21.7 Å². The van der Waals surface area contributed by atoms with Crippen molar-refractivity contribution in [2.45, 2.75) is 13.0 Å². The topological polar surface area (TPSA) is 26.3 Å². The van der Waals surface area contributed by atoms with E-state index >= 15 is 0 Å². The monoisotopic (exact) mass is 328 g/mol. The van der Waals surface area contributed by atoms with Gasteiger partial charge in [-0.2, -0.15) is 0 Å². The summed E-state index contributed by atoms with van der Waals surface area (Å²) in [4.78, 5) is 12.2. The van der Waals surface area contributed by atoms with Gasteiger partial charge in [0.05, 0.1) is 5.02 Å². The van der Waals surface area contributed by atoms with Crippen molar-refractivity contribution in [3.63, 3.8) is 0 Å². The van der Waals surface area contributed by atoms with Gasteiger partial charge in [0.2, 0.25) is 5.78 Å². The summed E-state index contributed by atoms with van der Waals surface area (Å²) in [6.07, 6.45) is -0.674. The molecule has 0 radical (unpaired) electrons. The number of carbonyl (C=O) groups is 1. The highest BCUT2D eigenvalue weighted by Crippen LogP contribution is 2.29. The van der Waals surface area contributed by atoms with E-state index < -0.39 is 6.10 Å². The van der Waals surface area contributed by atoms with Crippen LogP contribution in [0.2, 0.25) is 15.1 Å². The normalized spacial score (nSPS) is 12.0. The third kappa shape index (κ3) is 3.66. The molecule has 0 aliphatic heterocycles. The first-order chi connectivity index (χ1) is 9.47. The molecule has 2 aromatic rings. The lowest BCUT2D eigenvalue weighted by molar-refractivity contribution is 0.0818. The molecule has 0 aromatic heterocycles. The molecule has 20 heavy (non-hydrogen) atoms. The number of hydrogen-bond acceptors (Lipinski definition) is 2. The van der Waals surface area contributed by atoms with Gasteiger partial charge in [0.15, 0.2) is 6.10 Å². The minimum absolute atomic E-state index is 0.155. The fraction of sp³-hybridized carbons (Fsp3) is 0.133. The summed E-state index contributed by atoms with van der Waals surface area (Å²) in [7, 11) is 0. The van der Waals surface area contributed by atoms with Crippen LogP contribution in [0.25, 0.3) is 0 Å². The van der Waals surface area contributed by atoms with Crippen LogP contribution in [-0.4, -0.2) is 11.9 Å². The molecular weight excluding hydrogens is 319 g/mol. The van der Waals surface area contributed by atoms with Crippen LogP contribution in [0, 0.1) is 0 Å². The first kappa shape index (κ1) is 15.2. The fourth-order valence-corrected chi connectivity index (χ4v) is 2.11. The van der Waals surface area contributed by atoms with Gasteiger partial charge in [-0.25, -0.2) is 0 Å². The Bertz CT molecular complexity index is 624. The zero-order valence-electron chi connectivity index (χ0n) is 10.6. The molecule has 0 saturated carbocycles. The zero-order chi connectivity index (χ0) is 14.7. The Labute approximate surface area is 132 Å². The number of halogens is 3. The third-order valence-corrected chi connectivity index (χ3v) is 3.49. The number of carbonyl (C=O) groups excluding carboxylic acids is 1. The number of ether oxygens (including phenoxy) is 1. The van der Waals surface area contributed by atoms with Crippen LogP contribution in [0.3, 0.4) is 0 Å². The second-order valence-electron chi connectivity index (χ2n) is 4.21. The molecule has 0 fully saturated rings. The molecule has 2 rings (SSSR count). The molecule has 0 N–H and O–H groups in total. The van der Waals surface area contributed by atoms with Crippen LogP contribution >= 0.6 is 34.8 Å². The highest BCUT2D eigenvalue weighted by atomic mass is 35.5. The lowest BCUT2D eigenvalue weighted by atomic mass is 10.1. The van der Waals surface area contributed by atoms with Crippen molar-refractivity contribution < 1.29 is 9.53 Å². The number of Topliss-reactive ketones (excluding diaryl/α,β-unsaturated/α-hetero) is 1. The van der Waals surface area contributed by atoms with Crippen LogP contribution in [0.1, 0.15) is 17.3 Å². The van der Waals surface area contributed by atoms with E-state index in [0.29, 0.717) is 26.4 Å². The molecule has 0 spiro atoms. The van der Waals surface area contributed by atoms with Crippen LogP contribution in [0.5, 0.6) is 5.75 Å². The van der Waals surface area contributed by atoms with E-state index in [1.807, 2.05) is 0 Å². The molecule has 5 heteroatoms. The van der Waals surface area contributed by atoms with E-state index in [2.05, 4.69) is 0 Å². The van der Waals surface area contributed by atoms with E-state index in [1.54, 1.807) is 49.4 Å². The Morgan fingerprint density at radius 2 is 1.60 bits per heavy atom. The Morgan fingerprint density at radius 1 is 1.00 bits per heavy atom. The van der Waals surface area contributed by atoms with Gasteiger partial charge < -0.3 is 4.74 Å². The predicted molar refractivity (Wildman–Crippen MR) is 82.3 cm³/mol. The highest BCUT2D eigenvalue weighted by Gasteiger charge is 2.18. The molecule has 2 aromatic carbocycles. The molecule has 0 saturated heterocycles. The van der Waals surface area contributed by atoms with Gasteiger partial charge in [-0.05, 0) is 43.3 Å². The second kappa shape index (κ2) is 6.49. The molecule has 104 valence electrons. The van der Waals surface area contributed by atoms with E-state index in [-0.39, 0.29) is 5.78 Å². The summed E-state index contributed by atoms with van der Waals surface area (Å²) >= 11 is 17.7. The van der Waals surface area contributed by atoms with Crippen molar-refractivity contribution in [2.24, 2.45) is 0 Å². The van der Waals surface area contributed by atoms with Crippen molar-refractivity contribution in [3.05, 3.63) is 63.1 Å². The van der Waals surface area contributed by atoms with E-state index in [4.69, 9.17) is 39.5 Å². The Hall–Kier alpha value is -1.22. The molecule has 0 heterocycles. The minimum Gasteiger partial charge on any atom is -0.481 e. The molecule has 1 unspecified atom stereocenters. The average molecular weight is 330 g/mol. The van der Waals surface area contributed by atoms with E-state index in [0.717, 1.165) is 0 Å². The number of hydrogen-bond donors (Lipinski definition) is 0. The average Bonchev–Trinajstić information content (AvgIpc) is 2.43. The van der Waals surface area contributed by atoms with Crippen LogP contribution in [-0.2, 0) is 0 Å². The highest BCUT2D eigenvalue weighted by molar-refractivity contribution is 6.34. The van der Waals surface area contributed by atoms with E-state index in [9.17, 15) is 4.79 Å². The minimum atomic E-state index is -0.674. The van der Waals surface area contributed by atoms with Crippen molar-refractivity contribution >= 4 is 40.6 Å². The summed E-state index contributed by atoms with van der Waals surface area (Å²) in [5.74, 6) is 0.228. The van der Waals surface area contributed by atoms with Crippen LogP contribution < -0.4 is 4.74 Å². The second-order valence-corrected chi connectivity index (χ2v) is 5.49. The maximum Gasteiger partial charge on any atom is 0.202 e. The molecule has 2 nitrogen and oxygen atoms in total. The summed E-state index contributed by atoms with van der Waals surface area (Å²) in [5, 5.41) is 1.48. The van der Waals surface area contributed by atoms with Gasteiger partial charge >= 0.3 is 0 Å². The van der Waals surface area contributed by atoms with Crippen molar-refractivity contribution in [1.29, 1.82) is 0 Å². The van der Waals surface area contributed by atoms with Gasteiger partial charge in [-0.1, -0.05) is 34.8 Å². The maximum absolute atomic E-state index is 12.2. The molecule has 0 aliphatic rings. The van der Waals surface area contributed by atoms with Gasteiger partial charge in [0.25, 0.3) is 0 Å². The maximum atomic E-state index is 12.2. The summed E-state index contributed by atoms with van der Waals surface area (Å²) in [6, 6.07) is 11.5. The van der Waals surface area contributed by atoms with Crippen LogP contribution in [0.4, 0.5) is 0 Å². The Kier molecular flexibility index (Phi) is 4.92. The van der Waals surface area contributed by atoms with E-state index in [1.165, 1.54) is 0 Å². The summed E-state index contributed by atoms with van der Waals surface area (Å²) in [6.45, 7) is 1.66. The quantitative estimate of drug-likeness (QED) is 0.712. The largest absolute Gasteiger partial charge is 0.481 e. The van der Waals surface area contributed by atoms with Crippen molar-refractivity contribution in [1.82, 2.24) is 0 Å². The Morgan fingerprint density at radius 3 is 2.25 bits per heavy atom. The molecule has 0 aliphatic carbocycles. The lowest BCUT2D eigenvalue weighted by Crippen LogP contribution is -2.24. The first-order valence-electron chi connectivity index (χ1n) is 5.89. The first-order valence-corrected chi connectivity index (χ1v) is 7.02. The lowest BCUT2D eigenvalue weighted by Gasteiger charge is -2.15. The number of rotatable bonds is 4. The summed E-state index contributed by atoms with van der Waals surface area (Å²) < 4.78 is 5.57. The third-order valence-electron chi connectivity index (χ3n) is 2.69. The zero-order valence-corrected chi connectivity index (χ0v) is 12.8. The predicted octanol–water partition coefficient (Wildman–Crippen LogP) is 5.30. The smallest absolute Gasteiger partial charge is 0.202 e. The fourth-order valence-electron chi connectivity index (χ4n) is 1.66. The van der Waals surface area contributed by atoms with Gasteiger partial charge in [0.1, 0.15) is 5.75 Å². The van der Waals surface area contributed by atoms with Gasteiger partial charge in [-0.3, -0.25) is 4.79 Å². The van der Waals surface area contributed by atoms with Crippen molar-refractivity contribution in [2.75, 3.05) is 0 Å². The molecule has 0 amide bonds. The number of ketones is 1. The Balaban J connectivity index is 2.15. The van der Waals surface area contributed by atoms with Gasteiger partial charge in [-0.15, -0.1) is 0 Å².